The molecule has 0 unspecified atom stereocenters. The first-order valence-corrected chi connectivity index (χ1v) is 37.4. The molecule has 0 fully saturated rings. The molecule has 0 aliphatic carbocycles. The Morgan fingerprint density at radius 3 is 0.400 bits per heavy atom. The molecule has 0 saturated heterocycles. The Hall–Kier alpha value is -14.7. The highest BCUT2D eigenvalue weighted by Gasteiger charge is 2.21. The van der Waals surface area contributed by atoms with Crippen LogP contribution in [0.15, 0.2) is 473 Å². The third-order valence-electron chi connectivity index (χ3n) is 20.0. The SMILES string of the molecule is c1ccc(N(c2ccc(-c3ccc(N(c4ccccc4)c4ccc5ccccc5c4)cc3)cc2)c2ccc3ccccc3c2)cc1.c1ccc(N(c2ccccc2)c2ccc(N(c3ccccc3)c3ccc(-c4ccc(N(c5ccccc5)c5ccc(N(c6ccccc6)c6ccccc6)cc5)cc4)cc3)cc2)cc1. The van der Waals surface area contributed by atoms with Crippen LogP contribution >= 0.6 is 0 Å². The van der Waals surface area contributed by atoms with Gasteiger partial charge in [0.1, 0.15) is 0 Å². The van der Waals surface area contributed by atoms with Gasteiger partial charge in [-0.1, -0.05) is 255 Å². The zero-order valence-electron chi connectivity index (χ0n) is 60.7. The van der Waals surface area contributed by atoms with Crippen LogP contribution in [0, 0.1) is 0 Å². The number of benzene rings is 18. The zero-order valence-corrected chi connectivity index (χ0v) is 60.7. The lowest BCUT2D eigenvalue weighted by Gasteiger charge is -2.28. The molecular weight excluding hydrogens is 1330 g/mol. The third kappa shape index (κ3) is 15.1. The Morgan fingerprint density at radius 2 is 0.218 bits per heavy atom. The van der Waals surface area contributed by atoms with E-state index in [4.69, 9.17) is 0 Å². The second-order valence-corrected chi connectivity index (χ2v) is 27.0. The Balaban J connectivity index is 0.000000169. The highest BCUT2D eigenvalue weighted by molar-refractivity contribution is 5.92. The van der Waals surface area contributed by atoms with Crippen molar-refractivity contribution in [2.75, 3.05) is 29.4 Å². The van der Waals surface area contributed by atoms with Gasteiger partial charge in [-0.25, -0.2) is 0 Å². The van der Waals surface area contributed by atoms with Crippen molar-refractivity contribution in [2.24, 2.45) is 0 Å². The third-order valence-corrected chi connectivity index (χ3v) is 20.0. The van der Waals surface area contributed by atoms with Gasteiger partial charge in [-0.05, 0) is 262 Å². The van der Waals surface area contributed by atoms with Gasteiger partial charge in [0.15, 0.2) is 0 Å². The van der Waals surface area contributed by atoms with E-state index in [-0.39, 0.29) is 0 Å². The maximum Gasteiger partial charge on any atom is 0.0468 e. The molecule has 6 heteroatoms. The Kier molecular flexibility index (Phi) is 20.1. The summed E-state index contributed by atoms with van der Waals surface area (Å²) >= 11 is 0. The predicted octanol–water partition coefficient (Wildman–Crippen LogP) is 29.8. The first kappa shape index (κ1) is 68.4. The van der Waals surface area contributed by atoms with Gasteiger partial charge in [0.2, 0.25) is 0 Å². The number of hydrogen-bond donors (Lipinski definition) is 0. The topological polar surface area (TPSA) is 19.4 Å². The molecule has 6 nitrogen and oxygen atoms in total. The first-order chi connectivity index (χ1) is 54.6. The largest absolute Gasteiger partial charge is 0.311 e. The number of anilines is 18. The molecular formula is C104H78N6. The summed E-state index contributed by atoms with van der Waals surface area (Å²) in [5.41, 5.74) is 24.6. The van der Waals surface area contributed by atoms with Crippen LogP contribution in [0.25, 0.3) is 43.8 Å². The number of fused-ring (bicyclic) bond motifs is 2. The summed E-state index contributed by atoms with van der Waals surface area (Å²) in [5, 5.41) is 4.94. The molecule has 0 atom stereocenters. The standard InChI is InChI=1S/C60H46N4.C44H32N2/c1-7-19-49(20-8-1)61(50-21-9-2-10-22-50)57-39-43-59(44-40-57)63(53-27-15-5-16-28-53)55-35-31-47(32-36-55)48-33-37-56(38-34-48)64(54-29-17-6-18-30-54)60-45-41-58(42-46-60)62(51-23-11-3-12-24-51)52-25-13-4-14-26-52;1-3-15-39(16-4-1)45(43-29-23-33-11-7-9-13-37(33)31-43)41-25-19-35(20-26-41)36-21-27-42(28-22-36)46(40-17-5-2-6-18-40)44-30-24-34-12-8-10-14-38(34)32-44/h1-46H;1-32H. The minimum atomic E-state index is 1.08. The van der Waals surface area contributed by atoms with Crippen LogP contribution in [0.4, 0.5) is 102 Å². The fraction of sp³-hybridized carbons (Fsp3) is 0. The van der Waals surface area contributed by atoms with Gasteiger partial charge in [-0.2, -0.15) is 0 Å². The van der Waals surface area contributed by atoms with E-state index in [1.54, 1.807) is 0 Å². The molecule has 0 spiro atoms. The summed E-state index contributed by atoms with van der Waals surface area (Å²) in [6.07, 6.45) is 0. The highest BCUT2D eigenvalue weighted by atomic mass is 15.2. The molecule has 0 bridgehead atoms. The fourth-order valence-corrected chi connectivity index (χ4v) is 14.6. The minimum Gasteiger partial charge on any atom is -0.311 e. The Bertz CT molecular complexity index is 5510. The van der Waals surface area contributed by atoms with Crippen LogP contribution in [-0.4, -0.2) is 0 Å². The number of rotatable bonds is 20. The molecule has 0 heterocycles. The van der Waals surface area contributed by atoms with Gasteiger partial charge < -0.3 is 29.4 Å². The lowest BCUT2D eigenvalue weighted by Crippen LogP contribution is -2.12. The molecule has 0 N–H and O–H groups in total. The molecule has 0 amide bonds. The van der Waals surface area contributed by atoms with Gasteiger partial charge in [0.25, 0.3) is 0 Å². The normalized spacial score (nSPS) is 10.9. The van der Waals surface area contributed by atoms with Gasteiger partial charge in [0.05, 0.1) is 0 Å². The molecule has 110 heavy (non-hydrogen) atoms. The second-order valence-electron chi connectivity index (χ2n) is 27.0. The van der Waals surface area contributed by atoms with E-state index in [1.165, 1.54) is 32.7 Å². The van der Waals surface area contributed by atoms with E-state index in [9.17, 15) is 0 Å². The van der Waals surface area contributed by atoms with Crippen molar-refractivity contribution in [2.45, 2.75) is 0 Å². The summed E-state index contributed by atoms with van der Waals surface area (Å²) in [4.78, 5) is 13.8. The van der Waals surface area contributed by atoms with Crippen molar-refractivity contribution in [1.29, 1.82) is 0 Å². The molecule has 0 radical (unpaired) electrons. The lowest BCUT2D eigenvalue weighted by atomic mass is 10.0. The van der Waals surface area contributed by atoms with Gasteiger partial charge in [0, 0.05) is 102 Å². The zero-order chi connectivity index (χ0) is 73.6. The summed E-state index contributed by atoms with van der Waals surface area (Å²) in [6.45, 7) is 0. The van der Waals surface area contributed by atoms with Crippen molar-refractivity contribution >= 4 is 124 Å². The van der Waals surface area contributed by atoms with Crippen molar-refractivity contribution < 1.29 is 0 Å². The molecule has 0 aliphatic heterocycles. The van der Waals surface area contributed by atoms with Gasteiger partial charge >= 0.3 is 0 Å². The van der Waals surface area contributed by atoms with Gasteiger partial charge in [-0.3, -0.25) is 0 Å². The Morgan fingerprint density at radius 1 is 0.0909 bits per heavy atom. The minimum absolute atomic E-state index is 1.08. The number of hydrogen-bond acceptors (Lipinski definition) is 6. The van der Waals surface area contributed by atoms with Crippen molar-refractivity contribution in [3.05, 3.63) is 473 Å². The number of para-hydroxylation sites is 8. The average molecular weight is 1410 g/mol. The van der Waals surface area contributed by atoms with E-state index in [2.05, 4.69) is 503 Å². The summed E-state index contributed by atoms with van der Waals surface area (Å²) < 4.78 is 0. The summed E-state index contributed by atoms with van der Waals surface area (Å²) in [6, 6.07) is 168. The van der Waals surface area contributed by atoms with E-state index in [0.29, 0.717) is 0 Å². The quantitative estimate of drug-likeness (QED) is 0.0752. The van der Waals surface area contributed by atoms with Crippen LogP contribution in [0.3, 0.4) is 0 Å². The highest BCUT2D eigenvalue weighted by Crippen LogP contribution is 2.45. The monoisotopic (exact) mass is 1410 g/mol. The smallest absolute Gasteiger partial charge is 0.0468 e. The van der Waals surface area contributed by atoms with E-state index in [0.717, 1.165) is 113 Å². The molecule has 18 aromatic carbocycles. The van der Waals surface area contributed by atoms with Gasteiger partial charge in [-0.15, -0.1) is 0 Å². The van der Waals surface area contributed by atoms with Crippen LogP contribution in [0.5, 0.6) is 0 Å². The predicted molar refractivity (Wildman–Crippen MR) is 467 cm³/mol. The Labute approximate surface area is 644 Å². The van der Waals surface area contributed by atoms with E-state index >= 15 is 0 Å². The lowest BCUT2D eigenvalue weighted by molar-refractivity contribution is 1.25. The van der Waals surface area contributed by atoms with E-state index < -0.39 is 0 Å². The van der Waals surface area contributed by atoms with E-state index in [1.807, 2.05) is 0 Å². The molecule has 0 saturated carbocycles. The summed E-state index contributed by atoms with van der Waals surface area (Å²) in [5.74, 6) is 0. The molecule has 18 rings (SSSR count). The van der Waals surface area contributed by atoms with Crippen LogP contribution in [0.1, 0.15) is 0 Å². The molecule has 524 valence electrons. The molecule has 0 aliphatic rings. The van der Waals surface area contributed by atoms with Crippen LogP contribution in [-0.2, 0) is 0 Å². The molecule has 0 aromatic heterocycles. The average Bonchev–Trinajstić information content (AvgIpc) is 0.796. The first-order valence-electron chi connectivity index (χ1n) is 37.4. The second kappa shape index (κ2) is 32.3. The number of nitrogens with zero attached hydrogens (tertiary/aromatic N) is 6. The summed E-state index contributed by atoms with van der Waals surface area (Å²) in [7, 11) is 0. The van der Waals surface area contributed by atoms with Crippen LogP contribution < -0.4 is 29.4 Å². The van der Waals surface area contributed by atoms with Crippen molar-refractivity contribution in [3.8, 4) is 22.3 Å². The maximum absolute atomic E-state index is 2.32. The van der Waals surface area contributed by atoms with Crippen molar-refractivity contribution in [3.63, 3.8) is 0 Å². The van der Waals surface area contributed by atoms with Crippen LogP contribution in [0.2, 0.25) is 0 Å². The maximum atomic E-state index is 2.32. The van der Waals surface area contributed by atoms with Crippen molar-refractivity contribution in [1.82, 2.24) is 0 Å². The fourth-order valence-electron chi connectivity index (χ4n) is 14.6. The molecule has 18 aromatic rings.